The molecule has 0 aromatic heterocycles. The molecule has 0 saturated heterocycles. The summed E-state index contributed by atoms with van der Waals surface area (Å²) < 4.78 is 5.58. The Bertz CT molecular complexity index is 480. The first-order valence-electron chi connectivity index (χ1n) is 9.15. The van der Waals surface area contributed by atoms with E-state index in [1.807, 2.05) is 18.2 Å². The number of rotatable bonds is 3. The molecule has 1 aliphatic heterocycles. The smallest absolute Gasteiger partial charge is 0.306 e. The van der Waals surface area contributed by atoms with Crippen molar-refractivity contribution in [2.24, 2.45) is 11.8 Å². The first-order valence-corrected chi connectivity index (χ1v) is 9.15. The van der Waals surface area contributed by atoms with Crippen LogP contribution in [0.2, 0.25) is 0 Å². The van der Waals surface area contributed by atoms with Gasteiger partial charge in [0.25, 0.3) is 0 Å². The first-order chi connectivity index (χ1) is 11.6. The highest BCUT2D eigenvalue weighted by Crippen LogP contribution is 2.36. The largest absolute Gasteiger partial charge is 0.458 e. The molecule has 4 nitrogen and oxygen atoms in total. The van der Waals surface area contributed by atoms with E-state index in [9.17, 15) is 15.0 Å². The highest BCUT2D eigenvalue weighted by atomic mass is 16.5. The van der Waals surface area contributed by atoms with E-state index in [4.69, 9.17) is 4.74 Å². The highest BCUT2D eigenvalue weighted by Gasteiger charge is 2.39. The third kappa shape index (κ3) is 5.60. The number of cyclic esters (lactones) is 1. The van der Waals surface area contributed by atoms with Crippen LogP contribution in [-0.4, -0.2) is 34.5 Å². The maximum absolute atomic E-state index is 12.0. The molecule has 1 aliphatic carbocycles. The molecule has 24 heavy (non-hydrogen) atoms. The summed E-state index contributed by atoms with van der Waals surface area (Å²) in [4.78, 5) is 12.0. The summed E-state index contributed by atoms with van der Waals surface area (Å²) in [5.74, 6) is -0.247. The number of carbonyl (C=O) groups is 1. The second kappa shape index (κ2) is 9.80. The Labute approximate surface area is 144 Å². The summed E-state index contributed by atoms with van der Waals surface area (Å²) in [5, 5.41) is 20.5. The standard InChI is InChI=1S/C20H30O4/c1-2-3-6-9-15-12-13-17-16(18(21)14-19(17)22)10-7-4-5-8-11-20(23)24-15/h3-4,6-7,12-13,15-19,21-22H,2,5,8-11,14H2,1H3/b6-3-,7-4?,13-12?/t15-,16+,17+,18-,19+/m0/s1. The first kappa shape index (κ1) is 18.9. The van der Waals surface area contributed by atoms with E-state index < -0.39 is 12.2 Å². The molecular weight excluding hydrogens is 304 g/mol. The normalized spacial score (nSPS) is 35.1. The van der Waals surface area contributed by atoms with E-state index in [2.05, 4.69) is 25.2 Å². The van der Waals surface area contributed by atoms with Crippen LogP contribution < -0.4 is 0 Å². The number of aliphatic hydroxyl groups is 2. The van der Waals surface area contributed by atoms with Crippen molar-refractivity contribution in [3.05, 3.63) is 36.5 Å². The van der Waals surface area contributed by atoms with Gasteiger partial charge in [0.05, 0.1) is 12.2 Å². The van der Waals surface area contributed by atoms with Crippen molar-refractivity contribution >= 4 is 5.97 Å². The molecule has 0 aromatic rings. The van der Waals surface area contributed by atoms with Gasteiger partial charge >= 0.3 is 5.97 Å². The molecule has 0 spiro atoms. The second-order valence-corrected chi connectivity index (χ2v) is 6.74. The summed E-state index contributed by atoms with van der Waals surface area (Å²) in [6.45, 7) is 2.07. The van der Waals surface area contributed by atoms with Crippen LogP contribution in [0.15, 0.2) is 36.5 Å². The van der Waals surface area contributed by atoms with Crippen molar-refractivity contribution in [3.8, 4) is 0 Å². The van der Waals surface area contributed by atoms with E-state index in [-0.39, 0.29) is 23.9 Å². The van der Waals surface area contributed by atoms with Gasteiger partial charge in [-0.2, -0.15) is 0 Å². The molecule has 5 atom stereocenters. The summed E-state index contributed by atoms with van der Waals surface area (Å²) in [7, 11) is 0. The van der Waals surface area contributed by atoms with Crippen LogP contribution in [0.4, 0.5) is 0 Å². The van der Waals surface area contributed by atoms with Crippen LogP contribution in [0.3, 0.4) is 0 Å². The highest BCUT2D eigenvalue weighted by molar-refractivity contribution is 5.69. The predicted octanol–water partition coefficient (Wildman–Crippen LogP) is 3.30. The lowest BCUT2D eigenvalue weighted by atomic mass is 9.89. The van der Waals surface area contributed by atoms with Gasteiger partial charge in [0.2, 0.25) is 0 Å². The number of esters is 1. The molecule has 0 radical (unpaired) electrons. The number of hydrogen-bond acceptors (Lipinski definition) is 4. The minimum absolute atomic E-state index is 0.0239. The van der Waals surface area contributed by atoms with Crippen LogP contribution in [0.5, 0.6) is 0 Å². The van der Waals surface area contributed by atoms with Crippen LogP contribution in [0.1, 0.15) is 51.9 Å². The van der Waals surface area contributed by atoms with Gasteiger partial charge < -0.3 is 14.9 Å². The number of hydrogen-bond donors (Lipinski definition) is 2. The van der Waals surface area contributed by atoms with Gasteiger partial charge in [-0.05, 0) is 37.7 Å². The Kier molecular flexibility index (Phi) is 7.73. The zero-order chi connectivity index (χ0) is 17.4. The average molecular weight is 334 g/mol. The molecule has 0 aromatic carbocycles. The minimum atomic E-state index is -0.540. The molecule has 0 unspecified atom stereocenters. The molecule has 0 bridgehead atoms. The molecule has 2 aliphatic rings. The second-order valence-electron chi connectivity index (χ2n) is 6.74. The van der Waals surface area contributed by atoms with Crippen LogP contribution in [0, 0.1) is 11.8 Å². The molecule has 4 heteroatoms. The number of ether oxygens (including phenoxy) is 1. The molecule has 1 fully saturated rings. The lowest BCUT2D eigenvalue weighted by molar-refractivity contribution is -0.146. The Balaban J connectivity index is 2.15. The zero-order valence-electron chi connectivity index (χ0n) is 14.5. The fourth-order valence-electron chi connectivity index (χ4n) is 3.48. The lowest BCUT2D eigenvalue weighted by Crippen LogP contribution is -2.21. The van der Waals surface area contributed by atoms with Crippen molar-refractivity contribution in [3.63, 3.8) is 0 Å². The van der Waals surface area contributed by atoms with Crippen molar-refractivity contribution < 1.29 is 19.7 Å². The zero-order valence-corrected chi connectivity index (χ0v) is 14.5. The van der Waals surface area contributed by atoms with Gasteiger partial charge in [0, 0.05) is 25.2 Å². The van der Waals surface area contributed by atoms with Crippen LogP contribution >= 0.6 is 0 Å². The summed E-state index contributed by atoms with van der Waals surface area (Å²) in [6, 6.07) is 0. The summed E-state index contributed by atoms with van der Waals surface area (Å²) in [6.07, 6.45) is 15.5. The Morgan fingerprint density at radius 2 is 2.04 bits per heavy atom. The monoisotopic (exact) mass is 334 g/mol. The third-order valence-corrected chi connectivity index (χ3v) is 4.84. The van der Waals surface area contributed by atoms with Crippen molar-refractivity contribution in [2.45, 2.75) is 70.2 Å². The fraction of sp³-hybridized carbons (Fsp3) is 0.650. The minimum Gasteiger partial charge on any atom is -0.458 e. The van der Waals surface area contributed by atoms with Gasteiger partial charge in [-0.3, -0.25) is 4.79 Å². The van der Waals surface area contributed by atoms with Crippen molar-refractivity contribution in [1.82, 2.24) is 0 Å². The number of carbonyl (C=O) groups excluding carboxylic acids is 1. The molecule has 2 rings (SSSR count). The molecule has 134 valence electrons. The maximum Gasteiger partial charge on any atom is 0.306 e. The van der Waals surface area contributed by atoms with E-state index in [0.29, 0.717) is 19.3 Å². The van der Waals surface area contributed by atoms with E-state index in [1.165, 1.54) is 0 Å². The Morgan fingerprint density at radius 1 is 1.21 bits per heavy atom. The summed E-state index contributed by atoms with van der Waals surface area (Å²) >= 11 is 0. The summed E-state index contributed by atoms with van der Waals surface area (Å²) in [5.41, 5.74) is 0. The number of fused-ring (bicyclic) bond motifs is 1. The van der Waals surface area contributed by atoms with Gasteiger partial charge in [0.15, 0.2) is 0 Å². The van der Waals surface area contributed by atoms with Crippen molar-refractivity contribution in [1.29, 1.82) is 0 Å². The van der Waals surface area contributed by atoms with Gasteiger partial charge in [-0.1, -0.05) is 37.3 Å². The van der Waals surface area contributed by atoms with Gasteiger partial charge in [-0.25, -0.2) is 0 Å². The van der Waals surface area contributed by atoms with Gasteiger partial charge in [0.1, 0.15) is 6.10 Å². The van der Waals surface area contributed by atoms with Crippen LogP contribution in [-0.2, 0) is 9.53 Å². The SMILES string of the molecule is CC/C=C\C[C@H]1C=C[C@@H]2[C@@H](CC=CCCCC(=O)O1)[C@@H](O)C[C@H]2O. The molecular formula is C20H30O4. The Hall–Kier alpha value is -1.39. The van der Waals surface area contributed by atoms with E-state index >= 15 is 0 Å². The molecule has 1 saturated carbocycles. The van der Waals surface area contributed by atoms with E-state index in [0.717, 1.165) is 25.7 Å². The number of aliphatic hydroxyl groups excluding tert-OH is 2. The molecule has 2 N–H and O–H groups in total. The maximum atomic E-state index is 12.0. The fourth-order valence-corrected chi connectivity index (χ4v) is 3.48. The molecule has 0 amide bonds. The average Bonchev–Trinajstić information content (AvgIpc) is 2.81. The quantitative estimate of drug-likeness (QED) is 0.614. The number of allylic oxidation sites excluding steroid dienone is 3. The van der Waals surface area contributed by atoms with Crippen LogP contribution in [0.25, 0.3) is 0 Å². The lowest BCUT2D eigenvalue weighted by Gasteiger charge is -2.20. The van der Waals surface area contributed by atoms with Crippen molar-refractivity contribution in [2.75, 3.05) is 0 Å². The topological polar surface area (TPSA) is 66.8 Å². The Morgan fingerprint density at radius 3 is 2.83 bits per heavy atom. The predicted molar refractivity (Wildman–Crippen MR) is 94.3 cm³/mol. The van der Waals surface area contributed by atoms with E-state index in [1.54, 1.807) is 0 Å². The van der Waals surface area contributed by atoms with Gasteiger partial charge in [-0.15, -0.1) is 0 Å². The molecule has 1 heterocycles. The third-order valence-electron chi connectivity index (χ3n) is 4.84.